The molecule has 116 valence electrons. The van der Waals surface area contributed by atoms with E-state index in [9.17, 15) is 4.79 Å². The maximum absolute atomic E-state index is 12.5. The van der Waals surface area contributed by atoms with Crippen molar-refractivity contribution in [3.05, 3.63) is 41.0 Å². The maximum atomic E-state index is 12.5. The Morgan fingerprint density at radius 3 is 2.91 bits per heavy atom. The molecule has 0 atom stereocenters. The number of hydrogen-bond donors (Lipinski definition) is 2. The highest BCUT2D eigenvalue weighted by atomic mass is 35.5. The molecular weight excluding hydrogens is 298 g/mol. The normalized spacial score (nSPS) is 17.4. The molecule has 0 unspecified atom stereocenters. The molecule has 1 aliphatic heterocycles. The van der Waals surface area contributed by atoms with E-state index in [1.54, 1.807) is 18.3 Å². The van der Waals surface area contributed by atoms with Gasteiger partial charge in [-0.2, -0.15) is 0 Å². The van der Waals surface area contributed by atoms with E-state index in [4.69, 9.17) is 11.6 Å². The molecule has 1 amide bonds. The van der Waals surface area contributed by atoms with Crippen LogP contribution < -0.4 is 10.6 Å². The molecule has 1 aromatic carbocycles. The molecule has 0 saturated carbocycles. The van der Waals surface area contributed by atoms with Gasteiger partial charge in [0.1, 0.15) is 0 Å². The van der Waals surface area contributed by atoms with Gasteiger partial charge in [0.25, 0.3) is 5.91 Å². The topological polar surface area (TPSA) is 54.0 Å². The smallest absolute Gasteiger partial charge is 0.253 e. The summed E-state index contributed by atoms with van der Waals surface area (Å²) in [7, 11) is 0. The van der Waals surface area contributed by atoms with Crippen molar-refractivity contribution in [2.75, 3.05) is 19.6 Å². The summed E-state index contributed by atoms with van der Waals surface area (Å²) in [6, 6.07) is 7.21. The van der Waals surface area contributed by atoms with Crippen LogP contribution in [0, 0.1) is 5.41 Å². The second-order valence-corrected chi connectivity index (χ2v) is 6.65. The summed E-state index contributed by atoms with van der Waals surface area (Å²) in [6.45, 7) is 4.94. The minimum atomic E-state index is -0.0832. The number of carbonyl (C=O) groups is 1. The quantitative estimate of drug-likeness (QED) is 0.915. The second-order valence-electron chi connectivity index (χ2n) is 6.24. The van der Waals surface area contributed by atoms with Crippen LogP contribution in [0.25, 0.3) is 10.9 Å². The molecule has 1 aliphatic rings. The summed E-state index contributed by atoms with van der Waals surface area (Å²) in [4.78, 5) is 16.9. The van der Waals surface area contributed by atoms with Crippen LogP contribution in [-0.4, -0.2) is 30.5 Å². The Kier molecular flexibility index (Phi) is 4.32. The maximum Gasteiger partial charge on any atom is 0.253 e. The fraction of sp³-hybridized carbons (Fsp3) is 0.412. The van der Waals surface area contributed by atoms with E-state index < -0.39 is 0 Å². The Bertz CT molecular complexity index is 695. The number of pyridine rings is 1. The van der Waals surface area contributed by atoms with Gasteiger partial charge < -0.3 is 10.6 Å². The third-order valence-electron chi connectivity index (χ3n) is 4.45. The summed E-state index contributed by atoms with van der Waals surface area (Å²) >= 11 is 6.18. The predicted octanol–water partition coefficient (Wildman–Crippen LogP) is 3.01. The highest BCUT2D eigenvalue weighted by molar-refractivity contribution is 6.36. The molecular formula is C17H20ClN3O. The van der Waals surface area contributed by atoms with E-state index in [0.29, 0.717) is 22.6 Å². The molecule has 0 aliphatic carbocycles. The van der Waals surface area contributed by atoms with Crippen LogP contribution in [0.1, 0.15) is 30.1 Å². The van der Waals surface area contributed by atoms with Gasteiger partial charge in [0.05, 0.1) is 16.1 Å². The molecule has 1 saturated heterocycles. The van der Waals surface area contributed by atoms with Gasteiger partial charge in [0.15, 0.2) is 0 Å². The first-order valence-corrected chi connectivity index (χ1v) is 7.99. The standard InChI is InChI=1S/C17H20ClN3O/c1-17(6-9-19-10-7-17)11-21-16(22)13-4-5-14(18)12-3-2-8-20-15(12)13/h2-5,8,19H,6-7,9-11H2,1H3,(H,21,22). The third kappa shape index (κ3) is 3.08. The van der Waals surface area contributed by atoms with Crippen LogP contribution in [0.5, 0.6) is 0 Å². The highest BCUT2D eigenvalue weighted by Crippen LogP contribution is 2.28. The Balaban J connectivity index is 1.79. The molecule has 4 nitrogen and oxygen atoms in total. The Morgan fingerprint density at radius 2 is 2.14 bits per heavy atom. The van der Waals surface area contributed by atoms with Gasteiger partial charge in [-0.1, -0.05) is 18.5 Å². The summed E-state index contributed by atoms with van der Waals surface area (Å²) in [5, 5.41) is 7.85. The first kappa shape index (κ1) is 15.3. The average Bonchev–Trinajstić information content (AvgIpc) is 2.54. The number of nitrogens with one attached hydrogen (secondary N) is 2. The lowest BCUT2D eigenvalue weighted by Gasteiger charge is -2.34. The minimum absolute atomic E-state index is 0.0832. The molecule has 1 aromatic heterocycles. The molecule has 3 rings (SSSR count). The van der Waals surface area contributed by atoms with E-state index in [1.807, 2.05) is 12.1 Å². The lowest BCUT2D eigenvalue weighted by atomic mass is 9.81. The van der Waals surface area contributed by atoms with E-state index in [-0.39, 0.29) is 11.3 Å². The molecule has 0 spiro atoms. The Morgan fingerprint density at radius 1 is 1.36 bits per heavy atom. The summed E-state index contributed by atoms with van der Waals surface area (Å²) in [5.41, 5.74) is 1.40. The molecule has 22 heavy (non-hydrogen) atoms. The first-order chi connectivity index (χ1) is 10.6. The zero-order chi connectivity index (χ0) is 15.6. The van der Waals surface area contributed by atoms with Crippen molar-refractivity contribution in [2.45, 2.75) is 19.8 Å². The van der Waals surface area contributed by atoms with Crippen molar-refractivity contribution in [1.82, 2.24) is 15.6 Å². The molecule has 2 heterocycles. The van der Waals surface area contributed by atoms with Crippen molar-refractivity contribution in [3.8, 4) is 0 Å². The van der Waals surface area contributed by atoms with Gasteiger partial charge in [-0.15, -0.1) is 0 Å². The number of nitrogens with zero attached hydrogens (tertiary/aromatic N) is 1. The largest absolute Gasteiger partial charge is 0.351 e. The van der Waals surface area contributed by atoms with Gasteiger partial charge in [-0.25, -0.2) is 0 Å². The van der Waals surface area contributed by atoms with Crippen molar-refractivity contribution in [3.63, 3.8) is 0 Å². The second kappa shape index (κ2) is 6.23. The van der Waals surface area contributed by atoms with Crippen molar-refractivity contribution in [1.29, 1.82) is 0 Å². The lowest BCUT2D eigenvalue weighted by Crippen LogP contribution is -2.42. The van der Waals surface area contributed by atoms with Crippen molar-refractivity contribution >= 4 is 28.4 Å². The van der Waals surface area contributed by atoms with Crippen LogP contribution in [0.2, 0.25) is 5.02 Å². The van der Waals surface area contributed by atoms with Gasteiger partial charge in [-0.05, 0) is 55.6 Å². The molecule has 2 N–H and O–H groups in total. The number of fused-ring (bicyclic) bond motifs is 1. The third-order valence-corrected chi connectivity index (χ3v) is 4.78. The molecule has 0 radical (unpaired) electrons. The van der Waals surface area contributed by atoms with E-state index in [0.717, 1.165) is 31.3 Å². The predicted molar refractivity (Wildman–Crippen MR) is 89.3 cm³/mol. The van der Waals surface area contributed by atoms with E-state index in [2.05, 4.69) is 22.5 Å². The molecule has 2 aromatic rings. The number of aromatic nitrogens is 1. The zero-order valence-electron chi connectivity index (χ0n) is 12.7. The SMILES string of the molecule is CC1(CNC(=O)c2ccc(Cl)c3cccnc23)CCNCC1. The highest BCUT2D eigenvalue weighted by Gasteiger charge is 2.27. The Labute approximate surface area is 135 Å². The van der Waals surface area contributed by atoms with Crippen LogP contribution in [0.15, 0.2) is 30.5 Å². The molecule has 1 fully saturated rings. The van der Waals surface area contributed by atoms with Gasteiger partial charge in [0, 0.05) is 18.1 Å². The molecule has 5 heteroatoms. The van der Waals surface area contributed by atoms with E-state index in [1.165, 1.54) is 0 Å². The van der Waals surface area contributed by atoms with Gasteiger partial charge in [0.2, 0.25) is 0 Å². The average molecular weight is 318 g/mol. The number of hydrogen-bond acceptors (Lipinski definition) is 3. The van der Waals surface area contributed by atoms with Crippen LogP contribution >= 0.6 is 11.6 Å². The summed E-state index contributed by atoms with van der Waals surface area (Å²) in [5.74, 6) is -0.0832. The monoisotopic (exact) mass is 317 g/mol. The van der Waals surface area contributed by atoms with Gasteiger partial charge >= 0.3 is 0 Å². The fourth-order valence-electron chi connectivity index (χ4n) is 2.92. The van der Waals surface area contributed by atoms with Crippen LogP contribution in [0.4, 0.5) is 0 Å². The number of halogens is 1. The number of amides is 1. The van der Waals surface area contributed by atoms with Gasteiger partial charge in [-0.3, -0.25) is 9.78 Å². The zero-order valence-corrected chi connectivity index (χ0v) is 13.4. The number of rotatable bonds is 3. The minimum Gasteiger partial charge on any atom is -0.351 e. The summed E-state index contributed by atoms with van der Waals surface area (Å²) in [6.07, 6.45) is 3.84. The van der Waals surface area contributed by atoms with Crippen molar-refractivity contribution < 1.29 is 4.79 Å². The molecule has 0 bridgehead atoms. The van der Waals surface area contributed by atoms with E-state index >= 15 is 0 Å². The fourth-order valence-corrected chi connectivity index (χ4v) is 3.13. The number of carbonyl (C=O) groups excluding carboxylic acids is 1. The van der Waals surface area contributed by atoms with Crippen LogP contribution in [-0.2, 0) is 0 Å². The van der Waals surface area contributed by atoms with Crippen LogP contribution in [0.3, 0.4) is 0 Å². The number of piperidine rings is 1. The Hall–Kier alpha value is -1.65. The van der Waals surface area contributed by atoms with Crippen molar-refractivity contribution in [2.24, 2.45) is 5.41 Å². The first-order valence-electron chi connectivity index (χ1n) is 7.61. The summed E-state index contributed by atoms with van der Waals surface area (Å²) < 4.78 is 0. The lowest BCUT2D eigenvalue weighted by molar-refractivity contribution is 0.0924. The number of benzene rings is 1.